The van der Waals surface area contributed by atoms with E-state index in [1.165, 1.54) is 36.0 Å². The fraction of sp³-hybridized carbons (Fsp3) is 0.600. The van der Waals surface area contributed by atoms with Crippen molar-refractivity contribution in [2.75, 3.05) is 112 Å². The van der Waals surface area contributed by atoms with Crippen molar-refractivity contribution in [2.45, 2.75) is 80.6 Å². The number of allylic oxidation sites excluding steroid dienone is 17. The van der Waals surface area contributed by atoms with Crippen LogP contribution in [0.15, 0.2) is 106 Å². The lowest BCUT2D eigenvalue weighted by Gasteiger charge is -2.32. The van der Waals surface area contributed by atoms with E-state index < -0.39 is 11.9 Å². The van der Waals surface area contributed by atoms with Gasteiger partial charge in [0, 0.05) is 0 Å². The van der Waals surface area contributed by atoms with Crippen molar-refractivity contribution in [3.8, 4) is 0 Å². The monoisotopic (exact) mass is 871 g/mol. The van der Waals surface area contributed by atoms with Gasteiger partial charge in [-0.25, -0.2) is 0 Å². The quantitative estimate of drug-likeness (QED) is 0.0367. The summed E-state index contributed by atoms with van der Waals surface area (Å²) in [5.41, 5.74) is 7.59. The maximum atomic E-state index is 12.1. The minimum Gasteiger partial charge on any atom is -0.463 e. The molecule has 0 aromatic heterocycles. The Hall–Kier alpha value is -3.72. The van der Waals surface area contributed by atoms with Crippen LogP contribution in [0.25, 0.3) is 0 Å². The Balaban J connectivity index is 2.07. The lowest BCUT2D eigenvalue weighted by molar-refractivity contribution is -0.150. The van der Waals surface area contributed by atoms with Gasteiger partial charge >= 0.3 is 11.9 Å². The van der Waals surface area contributed by atoms with E-state index in [2.05, 4.69) is 71.1 Å². The molecule has 0 aromatic rings. The number of esters is 2. The van der Waals surface area contributed by atoms with Gasteiger partial charge in [0.25, 0.3) is 0 Å². The van der Waals surface area contributed by atoms with Gasteiger partial charge in [-0.05, 0) is 70.4 Å². The number of hydrogen-bond acceptors (Lipinski definition) is 12. The zero-order valence-electron chi connectivity index (χ0n) is 38.9. The van der Waals surface area contributed by atoms with E-state index >= 15 is 0 Å². The summed E-state index contributed by atoms with van der Waals surface area (Å²) in [4.78, 5) is 24.1. The molecule has 0 atom stereocenters. The number of aliphatic hydroxyl groups is 1. The minimum atomic E-state index is -0.482. The van der Waals surface area contributed by atoms with E-state index in [9.17, 15) is 9.59 Å². The topological polar surface area (TPSA) is 137 Å². The molecule has 0 radical (unpaired) electrons. The predicted molar refractivity (Wildman–Crippen MR) is 246 cm³/mol. The second kappa shape index (κ2) is 37.8. The van der Waals surface area contributed by atoms with E-state index in [0.717, 1.165) is 16.7 Å². The van der Waals surface area contributed by atoms with Crippen molar-refractivity contribution < 1.29 is 57.3 Å². The molecule has 1 N–H and O–H groups in total. The summed E-state index contributed by atoms with van der Waals surface area (Å²) in [5, 5.41) is 8.61. The summed E-state index contributed by atoms with van der Waals surface area (Å²) >= 11 is 0. The van der Waals surface area contributed by atoms with Crippen molar-refractivity contribution >= 4 is 11.9 Å². The van der Waals surface area contributed by atoms with Crippen LogP contribution in [0.5, 0.6) is 0 Å². The molecule has 12 nitrogen and oxygen atoms in total. The first-order valence-electron chi connectivity index (χ1n) is 22.0. The van der Waals surface area contributed by atoms with Gasteiger partial charge in [0.05, 0.1) is 112 Å². The molecule has 1 rings (SSSR count). The van der Waals surface area contributed by atoms with Crippen LogP contribution in [0.2, 0.25) is 0 Å². The van der Waals surface area contributed by atoms with Gasteiger partial charge in [-0.1, -0.05) is 109 Å². The molecule has 0 saturated heterocycles. The van der Waals surface area contributed by atoms with Gasteiger partial charge in [-0.2, -0.15) is 0 Å². The summed E-state index contributed by atoms with van der Waals surface area (Å²) in [6.45, 7) is 21.2. The SMILES string of the molecule is CC1=C(/C=C/C(C)=C/C=C/C(C)=C/C=C/C=C(C)/C=C/C=C(\C)COC(=O)CCC(=O)OCCOCCOCCOCCOCCOCCOCCOCCO)C(C)(C)CCC1. The molecule has 0 amide bonds. The van der Waals surface area contributed by atoms with Crippen LogP contribution in [0.3, 0.4) is 0 Å². The number of carbonyl (C=O) groups excluding carboxylic acids is 2. The Kier molecular flexibility index (Phi) is 34.3. The van der Waals surface area contributed by atoms with Crippen LogP contribution >= 0.6 is 0 Å². The molecule has 0 aliphatic heterocycles. The molecular formula is C50H78O12. The first-order valence-corrected chi connectivity index (χ1v) is 22.0. The molecule has 0 fully saturated rings. The minimum absolute atomic E-state index is 0.0113. The summed E-state index contributed by atoms with van der Waals surface area (Å²) in [6, 6.07) is 0. The van der Waals surface area contributed by atoms with E-state index in [1.54, 1.807) is 0 Å². The highest BCUT2D eigenvalue weighted by atomic mass is 16.6. The van der Waals surface area contributed by atoms with Crippen molar-refractivity contribution in [3.63, 3.8) is 0 Å². The third-order valence-corrected chi connectivity index (χ3v) is 9.30. The van der Waals surface area contributed by atoms with Crippen molar-refractivity contribution in [1.29, 1.82) is 0 Å². The van der Waals surface area contributed by atoms with Gasteiger partial charge < -0.3 is 47.7 Å². The molecule has 0 unspecified atom stereocenters. The largest absolute Gasteiger partial charge is 0.463 e. The summed E-state index contributed by atoms with van der Waals surface area (Å²) in [5.74, 6) is -0.941. The molecular weight excluding hydrogens is 793 g/mol. The third kappa shape index (κ3) is 32.9. The average molecular weight is 871 g/mol. The van der Waals surface area contributed by atoms with E-state index in [0.29, 0.717) is 85.9 Å². The number of carbonyl (C=O) groups is 2. The molecule has 62 heavy (non-hydrogen) atoms. The summed E-state index contributed by atoms with van der Waals surface area (Å²) in [6.07, 6.45) is 28.4. The third-order valence-electron chi connectivity index (χ3n) is 9.30. The van der Waals surface area contributed by atoms with Crippen molar-refractivity contribution in [1.82, 2.24) is 0 Å². The van der Waals surface area contributed by atoms with Gasteiger partial charge in [0.1, 0.15) is 13.2 Å². The Morgan fingerprint density at radius 3 is 1.42 bits per heavy atom. The molecule has 1 aliphatic carbocycles. The fourth-order valence-electron chi connectivity index (χ4n) is 5.81. The predicted octanol–water partition coefficient (Wildman–Crippen LogP) is 8.50. The molecule has 0 spiro atoms. The fourth-order valence-corrected chi connectivity index (χ4v) is 5.81. The zero-order valence-corrected chi connectivity index (χ0v) is 38.9. The Labute approximate surface area is 373 Å². The highest BCUT2D eigenvalue weighted by molar-refractivity contribution is 5.77. The smallest absolute Gasteiger partial charge is 0.306 e. The maximum absolute atomic E-state index is 12.1. The molecule has 0 heterocycles. The van der Waals surface area contributed by atoms with Gasteiger partial charge in [0.2, 0.25) is 0 Å². The zero-order chi connectivity index (χ0) is 45.5. The molecule has 12 heteroatoms. The Morgan fingerprint density at radius 2 is 0.952 bits per heavy atom. The second-order valence-electron chi connectivity index (χ2n) is 15.5. The number of ether oxygens (including phenoxy) is 9. The highest BCUT2D eigenvalue weighted by Gasteiger charge is 2.26. The van der Waals surface area contributed by atoms with Crippen molar-refractivity contribution in [2.24, 2.45) is 5.41 Å². The number of aliphatic hydroxyl groups excluding tert-OH is 1. The first-order chi connectivity index (χ1) is 29.9. The molecule has 0 saturated carbocycles. The van der Waals surface area contributed by atoms with E-state index in [1.807, 2.05) is 50.3 Å². The Bertz CT molecular complexity index is 1510. The van der Waals surface area contributed by atoms with Crippen LogP contribution in [-0.2, 0) is 52.2 Å². The lowest BCUT2D eigenvalue weighted by atomic mass is 9.72. The van der Waals surface area contributed by atoms with Crippen LogP contribution in [0, 0.1) is 5.41 Å². The number of rotatable bonds is 36. The van der Waals surface area contributed by atoms with E-state index in [-0.39, 0.29) is 44.7 Å². The highest BCUT2D eigenvalue weighted by Crippen LogP contribution is 2.40. The first kappa shape index (κ1) is 56.3. The van der Waals surface area contributed by atoms with Crippen LogP contribution in [-0.4, -0.2) is 129 Å². The summed E-state index contributed by atoms with van der Waals surface area (Å²) in [7, 11) is 0. The van der Waals surface area contributed by atoms with Crippen molar-refractivity contribution in [3.05, 3.63) is 106 Å². The number of hydrogen-bond donors (Lipinski definition) is 1. The van der Waals surface area contributed by atoms with Crippen LogP contribution in [0.1, 0.15) is 80.6 Å². The molecule has 0 bridgehead atoms. The average Bonchev–Trinajstić information content (AvgIpc) is 3.23. The van der Waals surface area contributed by atoms with Gasteiger partial charge in [-0.15, -0.1) is 0 Å². The summed E-state index contributed by atoms with van der Waals surface area (Å²) < 4.78 is 48.0. The van der Waals surface area contributed by atoms with Gasteiger partial charge in [-0.3, -0.25) is 9.59 Å². The molecule has 1 aliphatic rings. The lowest BCUT2D eigenvalue weighted by Crippen LogP contribution is -2.19. The van der Waals surface area contributed by atoms with E-state index in [4.69, 9.17) is 47.7 Å². The normalized spacial score (nSPS) is 15.6. The second-order valence-corrected chi connectivity index (χ2v) is 15.5. The maximum Gasteiger partial charge on any atom is 0.306 e. The van der Waals surface area contributed by atoms with Crippen LogP contribution in [0.4, 0.5) is 0 Å². The molecule has 0 aromatic carbocycles. The standard InChI is InChI=1S/C50H78O12/c1-42(15-10-17-44(3)20-21-47-46(5)19-12-24-50(47,6)7)13-8-9-14-43(2)16-11-18-45(4)41-62-49(53)23-22-48(52)61-40-39-60-38-37-59-36-35-58-34-33-57-32-31-56-30-29-55-28-27-54-26-25-51/h8-11,13-18,20-21,51H,12,19,22-41H2,1-7H3/b9-8+,15-10+,16-11+,21-20+,42-13+,43-14+,44-17+,45-18+. The Morgan fingerprint density at radius 1 is 0.548 bits per heavy atom. The van der Waals surface area contributed by atoms with Gasteiger partial charge in [0.15, 0.2) is 0 Å². The molecule has 350 valence electrons. The van der Waals surface area contributed by atoms with Crippen LogP contribution < -0.4 is 0 Å².